The van der Waals surface area contributed by atoms with E-state index in [0.29, 0.717) is 12.2 Å². The quantitative estimate of drug-likeness (QED) is 0.705. The molecular weight excluding hydrogens is 192 g/mol. The molecule has 0 spiro atoms. The van der Waals surface area contributed by atoms with Crippen molar-refractivity contribution in [2.24, 2.45) is 0 Å². The van der Waals surface area contributed by atoms with Crippen LogP contribution in [0.5, 0.6) is 0 Å². The first kappa shape index (κ1) is 11.2. The molecule has 15 heavy (non-hydrogen) atoms. The van der Waals surface area contributed by atoms with Crippen LogP contribution in [0.1, 0.15) is 36.7 Å². The van der Waals surface area contributed by atoms with Gasteiger partial charge >= 0.3 is 0 Å². The molecule has 1 unspecified atom stereocenters. The molecule has 5 nitrogen and oxygen atoms in total. The Hall–Kier alpha value is -1.83. The monoisotopic (exact) mass is 206 g/mol. The summed E-state index contributed by atoms with van der Waals surface area (Å²) in [5, 5.41) is 9.19. The molecule has 1 amide bonds. The number of aromatic amines is 1. The highest BCUT2D eigenvalue weighted by Crippen LogP contribution is 1.95. The molecule has 0 aliphatic carbocycles. The lowest BCUT2D eigenvalue weighted by atomic mass is 10.2. The van der Waals surface area contributed by atoms with Crippen LogP contribution in [0.2, 0.25) is 0 Å². The maximum absolute atomic E-state index is 11.5. The summed E-state index contributed by atoms with van der Waals surface area (Å²) in [6, 6.07) is -0.0638. The van der Waals surface area contributed by atoms with Gasteiger partial charge in [0.15, 0.2) is 0 Å². The summed E-state index contributed by atoms with van der Waals surface area (Å²) in [6.45, 7) is 3.77. The van der Waals surface area contributed by atoms with Crippen molar-refractivity contribution < 1.29 is 4.79 Å². The maximum atomic E-state index is 11.5. The average molecular weight is 206 g/mol. The Balaban J connectivity index is 2.57. The Morgan fingerprint density at radius 1 is 1.73 bits per heavy atom. The molecule has 0 aliphatic heterocycles. The number of rotatable bonds is 4. The highest BCUT2D eigenvalue weighted by Gasteiger charge is 2.13. The van der Waals surface area contributed by atoms with Crippen molar-refractivity contribution in [2.75, 3.05) is 0 Å². The molecule has 0 aromatic carbocycles. The number of nitrogens with zero attached hydrogens (tertiary/aromatic N) is 2. The van der Waals surface area contributed by atoms with Gasteiger partial charge in [0, 0.05) is 18.9 Å². The average Bonchev–Trinajstić information content (AvgIpc) is 2.66. The molecule has 5 heteroatoms. The van der Waals surface area contributed by atoms with Crippen molar-refractivity contribution >= 4 is 5.91 Å². The molecule has 80 valence electrons. The molecule has 0 aliphatic rings. The van der Waals surface area contributed by atoms with E-state index < -0.39 is 0 Å². The first-order chi connectivity index (χ1) is 7.17. The van der Waals surface area contributed by atoms with Crippen molar-refractivity contribution in [2.45, 2.75) is 32.7 Å². The van der Waals surface area contributed by atoms with Gasteiger partial charge in [-0.2, -0.15) is 0 Å². The Bertz CT molecular complexity index is 377. The SMILES string of the molecule is C#CCC(C)NC(=O)c1n[nH]c(CC)n1. The molecule has 1 atom stereocenters. The number of carbonyl (C=O) groups excluding carboxylic acids is 1. The van der Waals surface area contributed by atoms with Crippen LogP contribution in [0.25, 0.3) is 0 Å². The number of hydrogen-bond donors (Lipinski definition) is 2. The van der Waals surface area contributed by atoms with E-state index in [1.807, 2.05) is 13.8 Å². The molecule has 0 saturated carbocycles. The third-order valence-electron chi connectivity index (χ3n) is 1.87. The van der Waals surface area contributed by atoms with Gasteiger partial charge in [-0.05, 0) is 6.92 Å². The second kappa shape index (κ2) is 5.15. The lowest BCUT2D eigenvalue weighted by Crippen LogP contribution is -2.32. The standard InChI is InChI=1S/C10H14N4O/c1-4-6-7(3)11-10(15)9-12-8(5-2)13-14-9/h1,7H,5-6H2,2-3H3,(H,11,15)(H,12,13,14). The highest BCUT2D eigenvalue weighted by atomic mass is 16.2. The summed E-state index contributed by atoms with van der Waals surface area (Å²) in [5.74, 6) is 3.04. The topological polar surface area (TPSA) is 70.7 Å². The third kappa shape index (κ3) is 3.09. The fraction of sp³-hybridized carbons (Fsp3) is 0.500. The number of hydrogen-bond acceptors (Lipinski definition) is 3. The molecule has 0 fully saturated rings. The fourth-order valence-corrected chi connectivity index (χ4v) is 1.07. The van der Waals surface area contributed by atoms with Crippen LogP contribution in [0.4, 0.5) is 0 Å². The largest absolute Gasteiger partial charge is 0.346 e. The maximum Gasteiger partial charge on any atom is 0.291 e. The summed E-state index contributed by atoms with van der Waals surface area (Å²) in [6.07, 6.45) is 6.35. The fourth-order valence-electron chi connectivity index (χ4n) is 1.07. The Labute approximate surface area is 88.7 Å². The number of terminal acetylenes is 1. The number of nitrogens with one attached hydrogen (secondary N) is 2. The number of amides is 1. The van der Waals surface area contributed by atoms with Crippen LogP contribution >= 0.6 is 0 Å². The lowest BCUT2D eigenvalue weighted by Gasteiger charge is -2.07. The predicted molar refractivity (Wildman–Crippen MR) is 56.1 cm³/mol. The van der Waals surface area contributed by atoms with Crippen LogP contribution in [0, 0.1) is 12.3 Å². The van der Waals surface area contributed by atoms with E-state index in [0.717, 1.165) is 6.42 Å². The van der Waals surface area contributed by atoms with Crippen LogP contribution in [-0.4, -0.2) is 27.1 Å². The first-order valence-electron chi connectivity index (χ1n) is 4.83. The molecule has 0 bridgehead atoms. The summed E-state index contributed by atoms with van der Waals surface area (Å²) in [7, 11) is 0. The lowest BCUT2D eigenvalue weighted by molar-refractivity contribution is 0.0930. The van der Waals surface area contributed by atoms with Crippen molar-refractivity contribution in [3.05, 3.63) is 11.6 Å². The van der Waals surface area contributed by atoms with Gasteiger partial charge in [0.25, 0.3) is 5.91 Å². The molecule has 2 N–H and O–H groups in total. The zero-order valence-corrected chi connectivity index (χ0v) is 8.87. The summed E-state index contributed by atoms with van der Waals surface area (Å²) >= 11 is 0. The van der Waals surface area contributed by atoms with Crippen LogP contribution in [-0.2, 0) is 6.42 Å². The van der Waals surface area contributed by atoms with Gasteiger partial charge in [0.1, 0.15) is 5.82 Å². The normalized spacial score (nSPS) is 11.8. The van der Waals surface area contributed by atoms with Crippen LogP contribution < -0.4 is 5.32 Å². The molecule has 1 aromatic rings. The second-order valence-electron chi connectivity index (χ2n) is 3.24. The van der Waals surface area contributed by atoms with Gasteiger partial charge in [-0.3, -0.25) is 9.89 Å². The number of aromatic nitrogens is 3. The van der Waals surface area contributed by atoms with Crippen molar-refractivity contribution in [1.82, 2.24) is 20.5 Å². The van der Waals surface area contributed by atoms with Crippen molar-refractivity contribution in [3.63, 3.8) is 0 Å². The predicted octanol–water partition coefficient (Wildman–Crippen LogP) is 0.509. The number of H-pyrrole nitrogens is 1. The minimum absolute atomic E-state index is 0.0638. The molecule has 0 saturated heterocycles. The van der Waals surface area contributed by atoms with Gasteiger partial charge in [0.2, 0.25) is 5.82 Å². The van der Waals surface area contributed by atoms with Gasteiger partial charge in [-0.25, -0.2) is 4.98 Å². The van der Waals surface area contributed by atoms with E-state index >= 15 is 0 Å². The van der Waals surface area contributed by atoms with Gasteiger partial charge in [0.05, 0.1) is 0 Å². The molecule has 1 aromatic heterocycles. The van der Waals surface area contributed by atoms with Crippen molar-refractivity contribution in [3.8, 4) is 12.3 Å². The van der Waals surface area contributed by atoms with E-state index in [1.165, 1.54) is 0 Å². The van der Waals surface area contributed by atoms with Crippen molar-refractivity contribution in [1.29, 1.82) is 0 Å². The summed E-state index contributed by atoms with van der Waals surface area (Å²) in [4.78, 5) is 15.5. The van der Waals surface area contributed by atoms with E-state index in [1.54, 1.807) is 0 Å². The first-order valence-corrected chi connectivity index (χ1v) is 4.83. The molecule has 1 heterocycles. The van der Waals surface area contributed by atoms with Crippen LogP contribution in [0.15, 0.2) is 0 Å². The third-order valence-corrected chi connectivity index (χ3v) is 1.87. The zero-order chi connectivity index (χ0) is 11.3. The highest BCUT2D eigenvalue weighted by molar-refractivity contribution is 5.90. The van der Waals surface area contributed by atoms with E-state index in [-0.39, 0.29) is 17.8 Å². The second-order valence-corrected chi connectivity index (χ2v) is 3.24. The Kier molecular flexibility index (Phi) is 3.86. The zero-order valence-electron chi connectivity index (χ0n) is 8.87. The molecule has 0 radical (unpaired) electrons. The Morgan fingerprint density at radius 2 is 2.47 bits per heavy atom. The minimum atomic E-state index is -0.297. The minimum Gasteiger partial charge on any atom is -0.346 e. The summed E-state index contributed by atoms with van der Waals surface area (Å²) < 4.78 is 0. The molecular formula is C10H14N4O. The molecule has 1 rings (SSSR count). The Morgan fingerprint density at radius 3 is 3.00 bits per heavy atom. The number of aryl methyl sites for hydroxylation is 1. The van der Waals surface area contributed by atoms with Gasteiger partial charge in [-0.1, -0.05) is 6.92 Å². The smallest absolute Gasteiger partial charge is 0.291 e. The number of carbonyl (C=O) groups is 1. The van der Waals surface area contributed by atoms with Gasteiger partial charge in [-0.15, -0.1) is 17.4 Å². The van der Waals surface area contributed by atoms with Gasteiger partial charge < -0.3 is 5.32 Å². The van der Waals surface area contributed by atoms with E-state index in [2.05, 4.69) is 26.4 Å². The van der Waals surface area contributed by atoms with E-state index in [9.17, 15) is 4.79 Å². The van der Waals surface area contributed by atoms with E-state index in [4.69, 9.17) is 6.42 Å². The summed E-state index contributed by atoms with van der Waals surface area (Å²) in [5.41, 5.74) is 0. The van der Waals surface area contributed by atoms with Crippen LogP contribution in [0.3, 0.4) is 0 Å².